The van der Waals surface area contributed by atoms with Crippen LogP contribution in [0.1, 0.15) is 19.3 Å². The summed E-state index contributed by atoms with van der Waals surface area (Å²) in [5.74, 6) is 0. The first kappa shape index (κ1) is 10.0. The van der Waals surface area contributed by atoms with Crippen molar-refractivity contribution in [3.8, 4) is 0 Å². The maximum atomic E-state index is 11.3. The van der Waals surface area contributed by atoms with Crippen molar-refractivity contribution in [3.05, 3.63) is 18.7 Å². The highest BCUT2D eigenvalue weighted by atomic mass is 16.2. The predicted octanol–water partition coefficient (Wildman–Crippen LogP) is 0.735. The van der Waals surface area contributed by atoms with Crippen molar-refractivity contribution < 1.29 is 4.79 Å². The molecule has 0 radical (unpaired) electrons. The molecule has 15 heavy (non-hydrogen) atoms. The summed E-state index contributed by atoms with van der Waals surface area (Å²) in [4.78, 5) is 15.3. The van der Waals surface area contributed by atoms with Crippen LogP contribution in [0.2, 0.25) is 0 Å². The number of carbonyl (C=O) groups excluding carboxylic acids is 1. The van der Waals surface area contributed by atoms with Crippen LogP contribution in [0.4, 0.5) is 4.79 Å². The van der Waals surface area contributed by atoms with E-state index in [0.717, 1.165) is 19.4 Å². The van der Waals surface area contributed by atoms with Gasteiger partial charge in [-0.3, -0.25) is 0 Å². The van der Waals surface area contributed by atoms with E-state index in [2.05, 4.69) is 15.6 Å². The molecule has 1 aromatic rings. The van der Waals surface area contributed by atoms with Crippen molar-refractivity contribution in [1.29, 1.82) is 0 Å². The Balaban J connectivity index is 1.58. The van der Waals surface area contributed by atoms with E-state index in [9.17, 15) is 4.79 Å². The first-order chi connectivity index (χ1) is 7.34. The molecule has 1 heterocycles. The molecular weight excluding hydrogens is 192 g/mol. The number of rotatable bonds is 4. The van der Waals surface area contributed by atoms with E-state index in [1.54, 1.807) is 12.5 Å². The van der Waals surface area contributed by atoms with E-state index in [4.69, 9.17) is 0 Å². The van der Waals surface area contributed by atoms with Crippen LogP contribution in [0.25, 0.3) is 0 Å². The van der Waals surface area contributed by atoms with Crippen LogP contribution in [0, 0.1) is 0 Å². The Bertz CT molecular complexity index is 305. The minimum Gasteiger partial charge on any atom is -0.336 e. The average molecular weight is 208 g/mol. The highest BCUT2D eigenvalue weighted by Gasteiger charge is 2.18. The molecule has 0 bridgehead atoms. The second-order valence-corrected chi connectivity index (χ2v) is 3.83. The standard InChI is InChI=1S/C10H16N4O/c15-10(13-9-2-1-3-9)12-5-7-14-6-4-11-8-14/h4,6,8-9H,1-3,5,7H2,(H2,12,13,15). The van der Waals surface area contributed by atoms with Gasteiger partial charge in [0.05, 0.1) is 6.33 Å². The highest BCUT2D eigenvalue weighted by Crippen LogP contribution is 2.17. The molecule has 2 rings (SSSR count). The van der Waals surface area contributed by atoms with E-state index < -0.39 is 0 Å². The molecule has 1 aliphatic rings. The Hall–Kier alpha value is -1.52. The molecule has 0 saturated heterocycles. The average Bonchev–Trinajstić information content (AvgIpc) is 2.64. The summed E-state index contributed by atoms with van der Waals surface area (Å²) in [6.45, 7) is 1.40. The number of hydrogen-bond donors (Lipinski definition) is 2. The van der Waals surface area contributed by atoms with Gasteiger partial charge in [-0.15, -0.1) is 0 Å². The van der Waals surface area contributed by atoms with Gasteiger partial charge in [-0.05, 0) is 19.3 Å². The fraction of sp³-hybridized carbons (Fsp3) is 0.600. The zero-order chi connectivity index (χ0) is 10.5. The lowest BCUT2D eigenvalue weighted by atomic mass is 9.93. The zero-order valence-electron chi connectivity index (χ0n) is 8.65. The van der Waals surface area contributed by atoms with Crippen molar-refractivity contribution in [1.82, 2.24) is 20.2 Å². The van der Waals surface area contributed by atoms with E-state index in [0.29, 0.717) is 12.6 Å². The van der Waals surface area contributed by atoms with Crippen LogP contribution in [-0.2, 0) is 6.54 Å². The number of hydrogen-bond acceptors (Lipinski definition) is 2. The zero-order valence-corrected chi connectivity index (χ0v) is 8.65. The normalized spacial score (nSPS) is 15.7. The third kappa shape index (κ3) is 2.97. The molecule has 1 aromatic heterocycles. The topological polar surface area (TPSA) is 59.0 Å². The van der Waals surface area contributed by atoms with Crippen LogP contribution >= 0.6 is 0 Å². The van der Waals surface area contributed by atoms with Crippen molar-refractivity contribution >= 4 is 6.03 Å². The van der Waals surface area contributed by atoms with Crippen LogP contribution in [0.5, 0.6) is 0 Å². The molecule has 5 heteroatoms. The lowest BCUT2D eigenvalue weighted by Gasteiger charge is -2.26. The van der Waals surface area contributed by atoms with Gasteiger partial charge in [0.15, 0.2) is 0 Å². The van der Waals surface area contributed by atoms with Crippen molar-refractivity contribution in [2.24, 2.45) is 0 Å². The molecule has 1 fully saturated rings. The summed E-state index contributed by atoms with van der Waals surface area (Å²) in [5, 5.41) is 5.74. The molecule has 1 saturated carbocycles. The van der Waals surface area contributed by atoms with Gasteiger partial charge in [0, 0.05) is 31.5 Å². The van der Waals surface area contributed by atoms with Gasteiger partial charge in [-0.2, -0.15) is 0 Å². The number of amides is 2. The van der Waals surface area contributed by atoms with Crippen molar-refractivity contribution in [3.63, 3.8) is 0 Å². The second kappa shape index (κ2) is 4.82. The molecular formula is C10H16N4O. The van der Waals surface area contributed by atoms with Crippen molar-refractivity contribution in [2.75, 3.05) is 6.54 Å². The van der Waals surface area contributed by atoms with E-state index >= 15 is 0 Å². The molecule has 0 atom stereocenters. The largest absolute Gasteiger partial charge is 0.336 e. The number of urea groups is 1. The smallest absolute Gasteiger partial charge is 0.315 e. The first-order valence-electron chi connectivity index (χ1n) is 5.35. The van der Waals surface area contributed by atoms with Crippen LogP contribution < -0.4 is 10.6 Å². The summed E-state index contributed by atoms with van der Waals surface area (Å²) < 4.78 is 1.93. The second-order valence-electron chi connectivity index (χ2n) is 3.83. The van der Waals surface area contributed by atoms with E-state index in [-0.39, 0.29) is 6.03 Å². The molecule has 0 spiro atoms. The Kier molecular flexibility index (Phi) is 3.22. The van der Waals surface area contributed by atoms with Gasteiger partial charge in [0.1, 0.15) is 0 Å². The summed E-state index contributed by atoms with van der Waals surface area (Å²) >= 11 is 0. The van der Waals surface area contributed by atoms with E-state index in [1.807, 2.05) is 10.8 Å². The minimum atomic E-state index is -0.0557. The van der Waals surface area contributed by atoms with Crippen LogP contribution in [-0.4, -0.2) is 28.2 Å². The Labute approximate surface area is 88.9 Å². The summed E-state index contributed by atoms with van der Waals surface area (Å²) in [5.41, 5.74) is 0. The van der Waals surface area contributed by atoms with Gasteiger partial charge >= 0.3 is 6.03 Å². The molecule has 1 aliphatic carbocycles. The number of nitrogens with one attached hydrogen (secondary N) is 2. The minimum absolute atomic E-state index is 0.0557. The molecule has 0 aromatic carbocycles. The molecule has 0 unspecified atom stereocenters. The van der Waals surface area contributed by atoms with E-state index in [1.165, 1.54) is 6.42 Å². The highest BCUT2D eigenvalue weighted by molar-refractivity contribution is 5.74. The van der Waals surface area contributed by atoms with Gasteiger partial charge < -0.3 is 15.2 Å². The van der Waals surface area contributed by atoms with Crippen LogP contribution in [0.3, 0.4) is 0 Å². The maximum absolute atomic E-state index is 11.3. The fourth-order valence-electron chi connectivity index (χ4n) is 1.51. The third-order valence-electron chi connectivity index (χ3n) is 2.66. The SMILES string of the molecule is O=C(NCCn1ccnc1)NC1CCC1. The van der Waals surface area contributed by atoms with Gasteiger partial charge in [0.2, 0.25) is 0 Å². The summed E-state index contributed by atoms with van der Waals surface area (Å²) in [7, 11) is 0. The number of aromatic nitrogens is 2. The first-order valence-corrected chi connectivity index (χ1v) is 5.35. The van der Waals surface area contributed by atoms with Gasteiger partial charge in [-0.1, -0.05) is 0 Å². The molecule has 2 amide bonds. The lowest BCUT2D eigenvalue weighted by Crippen LogP contribution is -2.45. The third-order valence-corrected chi connectivity index (χ3v) is 2.66. The number of nitrogens with zero attached hydrogens (tertiary/aromatic N) is 2. The Morgan fingerprint density at radius 1 is 1.53 bits per heavy atom. The predicted molar refractivity (Wildman–Crippen MR) is 56.4 cm³/mol. The van der Waals surface area contributed by atoms with Crippen LogP contribution in [0.15, 0.2) is 18.7 Å². The number of imidazole rings is 1. The number of carbonyl (C=O) groups is 1. The molecule has 0 aliphatic heterocycles. The Morgan fingerprint density at radius 2 is 2.40 bits per heavy atom. The maximum Gasteiger partial charge on any atom is 0.315 e. The van der Waals surface area contributed by atoms with Gasteiger partial charge in [0.25, 0.3) is 0 Å². The Morgan fingerprint density at radius 3 is 3.00 bits per heavy atom. The lowest BCUT2D eigenvalue weighted by molar-refractivity contribution is 0.228. The fourth-order valence-corrected chi connectivity index (χ4v) is 1.51. The molecule has 2 N–H and O–H groups in total. The molecule has 82 valence electrons. The summed E-state index contributed by atoms with van der Waals surface area (Å²) in [6, 6.07) is 0.345. The quantitative estimate of drug-likeness (QED) is 0.766. The van der Waals surface area contributed by atoms with Gasteiger partial charge in [-0.25, -0.2) is 9.78 Å². The van der Waals surface area contributed by atoms with Crippen molar-refractivity contribution in [2.45, 2.75) is 31.8 Å². The molecule has 5 nitrogen and oxygen atoms in total. The summed E-state index contributed by atoms with van der Waals surface area (Å²) in [6.07, 6.45) is 8.83. The monoisotopic (exact) mass is 208 g/mol.